The average molecular weight is 351 g/mol. The highest BCUT2D eigenvalue weighted by Crippen LogP contribution is 2.19. The molecule has 0 N–H and O–H groups in total. The first kappa shape index (κ1) is 13.3. The van der Waals surface area contributed by atoms with Crippen molar-refractivity contribution in [3.63, 3.8) is 0 Å². The largest absolute Gasteiger partial charge is 0.492 e. The third-order valence-corrected chi connectivity index (χ3v) is 3.91. The fraction of sp³-hybridized carbons (Fsp3) is 0.154. The summed E-state index contributed by atoms with van der Waals surface area (Å²) in [5.74, 6) is 1.47. The molecule has 7 heteroatoms. The van der Waals surface area contributed by atoms with Crippen LogP contribution < -0.4 is 4.74 Å². The van der Waals surface area contributed by atoms with Gasteiger partial charge in [0.25, 0.3) is 0 Å². The molecule has 0 radical (unpaired) electrons. The van der Waals surface area contributed by atoms with Crippen LogP contribution in [0.2, 0.25) is 0 Å². The monoisotopic (exact) mass is 350 g/mol. The second-order valence-corrected chi connectivity index (χ2v) is 5.86. The Kier molecular flexibility index (Phi) is 4.08. The topological polar surface area (TPSA) is 52.8 Å². The molecule has 0 saturated heterocycles. The predicted molar refractivity (Wildman–Crippen MR) is 80.8 cm³/mol. The van der Waals surface area contributed by atoms with Crippen LogP contribution in [0.5, 0.6) is 5.75 Å². The van der Waals surface area contributed by atoms with Crippen molar-refractivity contribution in [2.75, 3.05) is 6.61 Å². The van der Waals surface area contributed by atoms with Crippen LogP contribution >= 0.6 is 27.3 Å². The average Bonchev–Trinajstić information content (AvgIpc) is 3.09. The van der Waals surface area contributed by atoms with Crippen LogP contribution in [-0.4, -0.2) is 26.8 Å². The molecule has 0 bridgehead atoms. The number of nitrogens with zero attached hydrogens (tertiary/aromatic N) is 4. The minimum Gasteiger partial charge on any atom is -0.492 e. The first-order valence-electron chi connectivity index (χ1n) is 6.01. The van der Waals surface area contributed by atoms with E-state index in [0.29, 0.717) is 19.0 Å². The summed E-state index contributed by atoms with van der Waals surface area (Å²) in [5.41, 5.74) is 0. The molecule has 3 rings (SSSR count). The van der Waals surface area contributed by atoms with Crippen LogP contribution in [0.25, 0.3) is 10.7 Å². The molecule has 0 spiro atoms. The number of thiophene rings is 1. The highest BCUT2D eigenvalue weighted by molar-refractivity contribution is 9.10. The van der Waals surface area contributed by atoms with Crippen molar-refractivity contribution >= 4 is 27.3 Å². The summed E-state index contributed by atoms with van der Waals surface area (Å²) in [5, 5.41) is 14.4. The highest BCUT2D eigenvalue weighted by atomic mass is 79.9. The van der Waals surface area contributed by atoms with Crippen LogP contribution in [0, 0.1) is 0 Å². The lowest BCUT2D eigenvalue weighted by Crippen LogP contribution is -2.11. The van der Waals surface area contributed by atoms with Crippen molar-refractivity contribution in [1.82, 2.24) is 20.2 Å². The zero-order valence-corrected chi connectivity index (χ0v) is 12.8. The van der Waals surface area contributed by atoms with Gasteiger partial charge in [0.15, 0.2) is 0 Å². The van der Waals surface area contributed by atoms with E-state index in [0.717, 1.165) is 15.1 Å². The van der Waals surface area contributed by atoms with Crippen LogP contribution in [0.4, 0.5) is 0 Å². The Morgan fingerprint density at radius 3 is 3.00 bits per heavy atom. The summed E-state index contributed by atoms with van der Waals surface area (Å²) >= 11 is 5.00. The number of rotatable bonds is 5. The normalized spacial score (nSPS) is 10.7. The lowest BCUT2D eigenvalue weighted by atomic mass is 10.3. The number of tetrazole rings is 1. The molecule has 1 aromatic carbocycles. The molecular formula is C13H11BrN4OS. The molecule has 2 heterocycles. The molecule has 0 aliphatic rings. The zero-order valence-electron chi connectivity index (χ0n) is 10.4. The fourth-order valence-corrected chi connectivity index (χ4v) is 2.67. The van der Waals surface area contributed by atoms with Gasteiger partial charge in [-0.25, -0.2) is 0 Å². The number of halogens is 1. The van der Waals surface area contributed by atoms with Gasteiger partial charge in [-0.1, -0.05) is 28.1 Å². The van der Waals surface area contributed by atoms with Gasteiger partial charge in [0, 0.05) is 4.47 Å². The van der Waals surface area contributed by atoms with Gasteiger partial charge in [0.05, 0.1) is 11.4 Å². The summed E-state index contributed by atoms with van der Waals surface area (Å²) in [6.45, 7) is 1.06. The van der Waals surface area contributed by atoms with Crippen molar-refractivity contribution in [2.24, 2.45) is 0 Å². The first-order valence-corrected chi connectivity index (χ1v) is 7.68. The number of hydrogen-bond donors (Lipinski definition) is 0. The molecular weight excluding hydrogens is 340 g/mol. The second-order valence-electron chi connectivity index (χ2n) is 3.99. The molecule has 0 amide bonds. The lowest BCUT2D eigenvalue weighted by Gasteiger charge is -2.05. The minimum absolute atomic E-state index is 0.497. The van der Waals surface area contributed by atoms with Gasteiger partial charge in [-0.15, -0.1) is 21.5 Å². The molecule has 0 unspecified atom stereocenters. The summed E-state index contributed by atoms with van der Waals surface area (Å²) in [4.78, 5) is 2.57. The van der Waals surface area contributed by atoms with Gasteiger partial charge in [-0.05, 0) is 34.9 Å². The van der Waals surface area contributed by atoms with E-state index in [9.17, 15) is 0 Å². The van der Waals surface area contributed by atoms with Gasteiger partial charge < -0.3 is 4.74 Å². The number of benzene rings is 1. The Morgan fingerprint density at radius 1 is 1.25 bits per heavy atom. The summed E-state index contributed by atoms with van der Waals surface area (Å²) < 4.78 is 6.63. The number of aromatic nitrogens is 4. The molecule has 0 aliphatic carbocycles. The van der Waals surface area contributed by atoms with E-state index < -0.39 is 0 Å². The van der Waals surface area contributed by atoms with Crippen molar-refractivity contribution in [3.05, 3.63) is 46.3 Å². The van der Waals surface area contributed by atoms with Crippen molar-refractivity contribution in [2.45, 2.75) is 6.54 Å². The van der Waals surface area contributed by atoms with E-state index in [1.54, 1.807) is 16.1 Å². The molecule has 3 aromatic rings. The number of hydrogen-bond acceptors (Lipinski definition) is 5. The van der Waals surface area contributed by atoms with Gasteiger partial charge in [-0.3, -0.25) is 0 Å². The van der Waals surface area contributed by atoms with E-state index in [1.807, 2.05) is 41.8 Å². The highest BCUT2D eigenvalue weighted by Gasteiger charge is 2.06. The Balaban J connectivity index is 1.57. The standard InChI is InChI=1S/C13H11BrN4OS/c14-10-3-1-4-11(9-10)19-7-6-18-16-13(15-17-18)12-5-2-8-20-12/h1-5,8-9H,6-7H2. The van der Waals surface area contributed by atoms with E-state index in [-0.39, 0.29) is 0 Å². The van der Waals surface area contributed by atoms with E-state index in [1.165, 1.54) is 0 Å². The lowest BCUT2D eigenvalue weighted by molar-refractivity contribution is 0.280. The summed E-state index contributed by atoms with van der Waals surface area (Å²) in [6, 6.07) is 11.7. The second kappa shape index (κ2) is 6.15. The van der Waals surface area contributed by atoms with E-state index in [2.05, 4.69) is 31.3 Å². The SMILES string of the molecule is Brc1cccc(OCCn2nnc(-c3cccs3)n2)c1. The molecule has 0 aliphatic heterocycles. The van der Waals surface area contributed by atoms with E-state index >= 15 is 0 Å². The third-order valence-electron chi connectivity index (χ3n) is 2.55. The predicted octanol–water partition coefficient (Wildman–Crippen LogP) is 3.24. The first-order chi connectivity index (χ1) is 9.81. The number of ether oxygens (including phenoxy) is 1. The van der Waals surface area contributed by atoms with Gasteiger partial charge >= 0.3 is 0 Å². The smallest absolute Gasteiger partial charge is 0.214 e. The van der Waals surface area contributed by atoms with Crippen LogP contribution in [0.1, 0.15) is 0 Å². The van der Waals surface area contributed by atoms with Crippen molar-refractivity contribution in [3.8, 4) is 16.5 Å². The summed E-state index contributed by atoms with van der Waals surface area (Å²) in [7, 11) is 0. The van der Waals surface area contributed by atoms with Crippen LogP contribution in [0.15, 0.2) is 46.3 Å². The molecule has 102 valence electrons. The van der Waals surface area contributed by atoms with E-state index in [4.69, 9.17) is 4.74 Å². The van der Waals surface area contributed by atoms with Gasteiger partial charge in [0.2, 0.25) is 5.82 Å². The Labute approximate surface area is 128 Å². The van der Waals surface area contributed by atoms with Crippen LogP contribution in [-0.2, 0) is 6.54 Å². The minimum atomic E-state index is 0.497. The molecule has 0 atom stereocenters. The Morgan fingerprint density at radius 2 is 2.20 bits per heavy atom. The van der Waals surface area contributed by atoms with Crippen molar-refractivity contribution in [1.29, 1.82) is 0 Å². The van der Waals surface area contributed by atoms with Gasteiger partial charge in [-0.2, -0.15) is 4.80 Å². The quantitative estimate of drug-likeness (QED) is 0.708. The zero-order chi connectivity index (χ0) is 13.8. The van der Waals surface area contributed by atoms with Gasteiger partial charge in [0.1, 0.15) is 12.4 Å². The molecule has 0 fully saturated rings. The molecule has 5 nitrogen and oxygen atoms in total. The van der Waals surface area contributed by atoms with Crippen LogP contribution in [0.3, 0.4) is 0 Å². The molecule has 0 saturated carbocycles. The maximum Gasteiger partial charge on any atom is 0.214 e. The Hall–Kier alpha value is -1.73. The summed E-state index contributed by atoms with van der Waals surface area (Å²) in [6.07, 6.45) is 0. The fourth-order valence-electron chi connectivity index (χ4n) is 1.64. The molecule has 2 aromatic heterocycles. The molecule has 20 heavy (non-hydrogen) atoms. The Bertz CT molecular complexity index is 683. The maximum atomic E-state index is 5.63. The van der Waals surface area contributed by atoms with Crippen molar-refractivity contribution < 1.29 is 4.74 Å². The third kappa shape index (κ3) is 3.23. The maximum absolute atomic E-state index is 5.63.